The van der Waals surface area contributed by atoms with Gasteiger partial charge in [0.25, 0.3) is 0 Å². The van der Waals surface area contributed by atoms with E-state index in [0.717, 1.165) is 26.1 Å². The lowest BCUT2D eigenvalue weighted by molar-refractivity contribution is 0.199. The minimum absolute atomic E-state index is 0. The molecule has 19 heavy (non-hydrogen) atoms. The van der Waals surface area contributed by atoms with E-state index >= 15 is 0 Å². The van der Waals surface area contributed by atoms with E-state index in [9.17, 15) is 0 Å². The van der Waals surface area contributed by atoms with Gasteiger partial charge in [-0.3, -0.25) is 9.58 Å². The highest BCUT2D eigenvalue weighted by Gasteiger charge is 2.21. The molecule has 5 heteroatoms. The number of nitrogens with zero attached hydrogens (tertiary/aromatic N) is 3. The second kappa shape index (κ2) is 8.56. The van der Waals surface area contributed by atoms with Crippen LogP contribution in [0.2, 0.25) is 0 Å². The molecule has 0 bridgehead atoms. The number of nitrogens with one attached hydrogen (secondary N) is 1. The van der Waals surface area contributed by atoms with Gasteiger partial charge in [-0.1, -0.05) is 13.8 Å². The number of halogens is 1. The van der Waals surface area contributed by atoms with Crippen molar-refractivity contribution in [3.8, 4) is 0 Å². The van der Waals surface area contributed by atoms with Gasteiger partial charge >= 0.3 is 0 Å². The van der Waals surface area contributed by atoms with Crippen molar-refractivity contribution in [2.24, 2.45) is 0 Å². The Labute approximate surface area is 123 Å². The molecule has 1 unspecified atom stereocenters. The van der Waals surface area contributed by atoms with Crippen molar-refractivity contribution in [3.05, 3.63) is 18.0 Å². The molecule has 1 aliphatic rings. The third-order valence-corrected chi connectivity index (χ3v) is 3.59. The molecule has 4 nitrogen and oxygen atoms in total. The van der Waals surface area contributed by atoms with E-state index in [1.807, 2.05) is 6.20 Å². The molecule has 1 aromatic heterocycles. The molecular weight excluding hydrogens is 260 g/mol. The first kappa shape index (κ1) is 16.5. The fourth-order valence-electron chi connectivity index (χ4n) is 2.70. The van der Waals surface area contributed by atoms with Crippen LogP contribution in [0.3, 0.4) is 0 Å². The third-order valence-electron chi connectivity index (χ3n) is 3.59. The lowest BCUT2D eigenvalue weighted by Gasteiger charge is -2.27. The van der Waals surface area contributed by atoms with Gasteiger partial charge in [0.1, 0.15) is 0 Å². The molecule has 1 N–H and O–H groups in total. The summed E-state index contributed by atoms with van der Waals surface area (Å²) in [4.78, 5) is 2.60. The van der Waals surface area contributed by atoms with E-state index in [1.165, 1.54) is 31.5 Å². The van der Waals surface area contributed by atoms with Gasteiger partial charge in [0.15, 0.2) is 0 Å². The standard InChI is InChI=1S/C14H26N4.ClH/c1-3-7-17(14-5-6-15-10-14)11-13-9-16-18(12-13)8-4-2;/h9,12,14-15H,3-8,10-11H2,1-2H3;1H. The number of aromatic nitrogens is 2. The van der Waals surface area contributed by atoms with Crippen molar-refractivity contribution in [2.75, 3.05) is 19.6 Å². The highest BCUT2D eigenvalue weighted by atomic mass is 35.5. The molecule has 1 aromatic rings. The Morgan fingerprint density at radius 1 is 1.42 bits per heavy atom. The van der Waals surface area contributed by atoms with E-state index in [4.69, 9.17) is 0 Å². The maximum Gasteiger partial charge on any atom is 0.0534 e. The summed E-state index contributed by atoms with van der Waals surface area (Å²) in [5, 5.41) is 7.88. The molecule has 1 fully saturated rings. The van der Waals surface area contributed by atoms with Crippen LogP contribution in [0.1, 0.15) is 38.7 Å². The van der Waals surface area contributed by atoms with Crippen molar-refractivity contribution in [1.29, 1.82) is 0 Å². The van der Waals surface area contributed by atoms with Gasteiger partial charge in [0.2, 0.25) is 0 Å². The van der Waals surface area contributed by atoms with E-state index in [2.05, 4.69) is 40.0 Å². The fourth-order valence-corrected chi connectivity index (χ4v) is 2.70. The first-order chi connectivity index (χ1) is 8.83. The molecule has 0 spiro atoms. The summed E-state index contributed by atoms with van der Waals surface area (Å²) in [6.45, 7) is 10.0. The predicted octanol–water partition coefficient (Wildman–Crippen LogP) is 2.29. The summed E-state index contributed by atoms with van der Waals surface area (Å²) in [5.74, 6) is 0. The van der Waals surface area contributed by atoms with Crippen LogP contribution in [0, 0.1) is 0 Å². The van der Waals surface area contributed by atoms with Crippen molar-refractivity contribution < 1.29 is 0 Å². The van der Waals surface area contributed by atoms with Crippen molar-refractivity contribution in [2.45, 2.75) is 52.2 Å². The molecule has 0 amide bonds. The summed E-state index contributed by atoms with van der Waals surface area (Å²) < 4.78 is 2.06. The molecule has 0 aromatic carbocycles. The van der Waals surface area contributed by atoms with Crippen LogP contribution >= 0.6 is 12.4 Å². The predicted molar refractivity (Wildman–Crippen MR) is 81.7 cm³/mol. The van der Waals surface area contributed by atoms with Gasteiger partial charge < -0.3 is 5.32 Å². The number of hydrogen-bond donors (Lipinski definition) is 1. The first-order valence-corrected chi connectivity index (χ1v) is 7.29. The lowest BCUT2D eigenvalue weighted by Crippen LogP contribution is -2.36. The van der Waals surface area contributed by atoms with Crippen LogP contribution in [0.5, 0.6) is 0 Å². The Hall–Kier alpha value is -0.580. The molecule has 0 saturated carbocycles. The molecule has 2 heterocycles. The minimum atomic E-state index is 0. The Kier molecular flexibility index (Phi) is 7.42. The zero-order chi connectivity index (χ0) is 12.8. The number of rotatable bonds is 7. The second-order valence-corrected chi connectivity index (χ2v) is 5.23. The van der Waals surface area contributed by atoms with Crippen molar-refractivity contribution in [3.63, 3.8) is 0 Å². The minimum Gasteiger partial charge on any atom is -0.315 e. The normalized spacial score (nSPS) is 18.8. The lowest BCUT2D eigenvalue weighted by atomic mass is 10.2. The van der Waals surface area contributed by atoms with Gasteiger partial charge in [-0.15, -0.1) is 12.4 Å². The highest BCUT2D eigenvalue weighted by molar-refractivity contribution is 5.85. The average molecular weight is 287 g/mol. The zero-order valence-electron chi connectivity index (χ0n) is 12.1. The topological polar surface area (TPSA) is 33.1 Å². The van der Waals surface area contributed by atoms with E-state index in [0.29, 0.717) is 6.04 Å². The van der Waals surface area contributed by atoms with Crippen LogP contribution in [-0.2, 0) is 13.1 Å². The van der Waals surface area contributed by atoms with E-state index < -0.39 is 0 Å². The Bertz CT molecular complexity index is 347. The molecule has 1 saturated heterocycles. The van der Waals surface area contributed by atoms with Crippen LogP contribution in [0.15, 0.2) is 12.4 Å². The van der Waals surface area contributed by atoms with E-state index in [-0.39, 0.29) is 12.4 Å². The maximum atomic E-state index is 4.42. The SMILES string of the molecule is CCCN(Cc1cnn(CCC)c1)C1CCNC1.Cl. The van der Waals surface area contributed by atoms with Crippen LogP contribution in [-0.4, -0.2) is 40.4 Å². The Balaban J connectivity index is 0.00000180. The van der Waals surface area contributed by atoms with Gasteiger partial charge in [-0.25, -0.2) is 0 Å². The number of hydrogen-bond acceptors (Lipinski definition) is 3. The van der Waals surface area contributed by atoms with Crippen molar-refractivity contribution >= 4 is 12.4 Å². The largest absolute Gasteiger partial charge is 0.315 e. The van der Waals surface area contributed by atoms with Gasteiger partial charge in [-0.2, -0.15) is 5.10 Å². The van der Waals surface area contributed by atoms with Crippen LogP contribution < -0.4 is 5.32 Å². The molecule has 0 radical (unpaired) electrons. The average Bonchev–Trinajstić information content (AvgIpc) is 3.00. The smallest absolute Gasteiger partial charge is 0.0534 e. The van der Waals surface area contributed by atoms with Crippen LogP contribution in [0.4, 0.5) is 0 Å². The second-order valence-electron chi connectivity index (χ2n) is 5.23. The Morgan fingerprint density at radius 2 is 2.26 bits per heavy atom. The summed E-state index contributed by atoms with van der Waals surface area (Å²) in [7, 11) is 0. The molecule has 1 atom stereocenters. The van der Waals surface area contributed by atoms with E-state index in [1.54, 1.807) is 0 Å². The zero-order valence-corrected chi connectivity index (χ0v) is 13.0. The summed E-state index contributed by atoms with van der Waals surface area (Å²) >= 11 is 0. The van der Waals surface area contributed by atoms with Crippen LogP contribution in [0.25, 0.3) is 0 Å². The maximum absolute atomic E-state index is 4.42. The number of aryl methyl sites for hydroxylation is 1. The quantitative estimate of drug-likeness (QED) is 0.835. The van der Waals surface area contributed by atoms with Gasteiger partial charge in [-0.05, 0) is 32.4 Å². The van der Waals surface area contributed by atoms with Crippen molar-refractivity contribution in [1.82, 2.24) is 20.0 Å². The summed E-state index contributed by atoms with van der Waals surface area (Å²) in [6, 6.07) is 0.708. The third kappa shape index (κ3) is 4.79. The highest BCUT2D eigenvalue weighted by Crippen LogP contribution is 2.13. The Morgan fingerprint density at radius 3 is 2.89 bits per heavy atom. The van der Waals surface area contributed by atoms with Gasteiger partial charge in [0, 0.05) is 37.4 Å². The summed E-state index contributed by atoms with van der Waals surface area (Å²) in [6.07, 6.45) is 7.88. The monoisotopic (exact) mass is 286 g/mol. The fraction of sp³-hybridized carbons (Fsp3) is 0.786. The molecule has 2 rings (SSSR count). The molecule has 0 aliphatic carbocycles. The molecular formula is C14H27ClN4. The summed E-state index contributed by atoms with van der Waals surface area (Å²) in [5.41, 5.74) is 1.35. The first-order valence-electron chi connectivity index (χ1n) is 7.29. The molecule has 1 aliphatic heterocycles. The van der Waals surface area contributed by atoms with Gasteiger partial charge in [0.05, 0.1) is 6.20 Å². The molecule has 110 valence electrons.